The molecule has 24 heavy (non-hydrogen) atoms. The first-order chi connectivity index (χ1) is 11.7. The Labute approximate surface area is 136 Å². The number of imidazole rings is 1. The Morgan fingerprint density at radius 3 is 2.67 bits per heavy atom. The lowest BCUT2D eigenvalue weighted by atomic mass is 10.1. The van der Waals surface area contributed by atoms with E-state index >= 15 is 0 Å². The van der Waals surface area contributed by atoms with Gasteiger partial charge in [-0.2, -0.15) is 0 Å². The van der Waals surface area contributed by atoms with E-state index in [1.807, 2.05) is 0 Å². The molecule has 0 saturated carbocycles. The van der Waals surface area contributed by atoms with Crippen molar-refractivity contribution in [1.29, 1.82) is 0 Å². The summed E-state index contributed by atoms with van der Waals surface area (Å²) in [5.74, 6) is 0.584. The standard InChI is InChI=1S/C15H16N4O5/c20-5-10-14(22)13(21)9(24-10)4-19-7-18-12-11(8-2-1-3-23-8)16-6-17-15(12)19/h1-3,6-7,9-10,13-14,20-22H,4-5H2. The number of aromatic nitrogens is 4. The third-order valence-corrected chi connectivity index (χ3v) is 4.17. The molecule has 4 rings (SSSR count). The number of ether oxygens (including phenoxy) is 1. The van der Waals surface area contributed by atoms with Gasteiger partial charge in [0.25, 0.3) is 0 Å². The molecule has 3 N–H and O–H groups in total. The Hall–Kier alpha value is -2.33. The number of furan rings is 1. The molecule has 4 atom stereocenters. The molecule has 1 saturated heterocycles. The predicted molar refractivity (Wildman–Crippen MR) is 80.8 cm³/mol. The summed E-state index contributed by atoms with van der Waals surface area (Å²) in [6.07, 6.45) is 0.856. The van der Waals surface area contributed by atoms with Gasteiger partial charge in [-0.25, -0.2) is 15.0 Å². The van der Waals surface area contributed by atoms with Crippen molar-refractivity contribution >= 4 is 11.2 Å². The van der Waals surface area contributed by atoms with Crippen LogP contribution in [0.4, 0.5) is 0 Å². The second kappa shape index (κ2) is 5.95. The summed E-state index contributed by atoms with van der Waals surface area (Å²) in [6, 6.07) is 3.55. The SMILES string of the molecule is OCC1OC(Cn2cnc3c(-c4ccco4)ncnc32)C(O)C1O. The summed E-state index contributed by atoms with van der Waals surface area (Å²) in [5, 5.41) is 29.1. The van der Waals surface area contributed by atoms with Gasteiger partial charge in [-0.05, 0) is 12.1 Å². The summed E-state index contributed by atoms with van der Waals surface area (Å²) in [4.78, 5) is 12.8. The second-order valence-electron chi connectivity index (χ2n) is 5.65. The molecule has 0 spiro atoms. The highest BCUT2D eigenvalue weighted by molar-refractivity contribution is 5.85. The maximum Gasteiger partial charge on any atom is 0.164 e. The lowest BCUT2D eigenvalue weighted by molar-refractivity contribution is -0.0262. The molecule has 3 aromatic heterocycles. The number of fused-ring (bicyclic) bond motifs is 1. The maximum atomic E-state index is 10.1. The fourth-order valence-corrected chi connectivity index (χ4v) is 2.93. The Kier molecular flexibility index (Phi) is 3.77. The average Bonchev–Trinajstić information content (AvgIpc) is 3.31. The van der Waals surface area contributed by atoms with Gasteiger partial charge in [-0.15, -0.1) is 0 Å². The normalized spacial score (nSPS) is 27.1. The zero-order chi connectivity index (χ0) is 16.7. The summed E-state index contributed by atoms with van der Waals surface area (Å²) in [7, 11) is 0. The van der Waals surface area contributed by atoms with Crippen LogP contribution in [0, 0.1) is 0 Å². The number of hydrogen-bond donors (Lipinski definition) is 3. The number of hydrogen-bond acceptors (Lipinski definition) is 8. The zero-order valence-electron chi connectivity index (χ0n) is 12.6. The molecular weight excluding hydrogens is 316 g/mol. The number of nitrogens with zero attached hydrogens (tertiary/aromatic N) is 4. The van der Waals surface area contributed by atoms with Crippen LogP contribution in [0.15, 0.2) is 35.5 Å². The van der Waals surface area contributed by atoms with Gasteiger partial charge in [0.05, 0.1) is 25.7 Å². The van der Waals surface area contributed by atoms with Crippen molar-refractivity contribution in [2.75, 3.05) is 6.61 Å². The van der Waals surface area contributed by atoms with Gasteiger partial charge in [0, 0.05) is 0 Å². The molecule has 9 nitrogen and oxygen atoms in total. The van der Waals surface area contributed by atoms with Crippen LogP contribution in [0.2, 0.25) is 0 Å². The van der Waals surface area contributed by atoms with Crippen LogP contribution in [0.5, 0.6) is 0 Å². The van der Waals surface area contributed by atoms with Crippen LogP contribution in [-0.2, 0) is 11.3 Å². The van der Waals surface area contributed by atoms with Crippen molar-refractivity contribution in [3.05, 3.63) is 31.1 Å². The van der Waals surface area contributed by atoms with Gasteiger partial charge in [-0.1, -0.05) is 0 Å². The van der Waals surface area contributed by atoms with Crippen LogP contribution < -0.4 is 0 Å². The van der Waals surface area contributed by atoms with E-state index in [0.29, 0.717) is 22.6 Å². The minimum absolute atomic E-state index is 0.236. The fourth-order valence-electron chi connectivity index (χ4n) is 2.93. The molecule has 1 aliphatic rings. The molecule has 3 aromatic rings. The van der Waals surface area contributed by atoms with Gasteiger partial charge in [0.15, 0.2) is 11.4 Å². The second-order valence-corrected chi connectivity index (χ2v) is 5.65. The largest absolute Gasteiger partial charge is 0.463 e. The molecule has 1 fully saturated rings. The van der Waals surface area contributed by atoms with E-state index < -0.39 is 24.4 Å². The van der Waals surface area contributed by atoms with Crippen molar-refractivity contribution in [3.63, 3.8) is 0 Å². The lowest BCUT2D eigenvalue weighted by Crippen LogP contribution is -2.35. The van der Waals surface area contributed by atoms with Gasteiger partial charge in [0.1, 0.15) is 42.0 Å². The van der Waals surface area contributed by atoms with Crippen LogP contribution in [-0.4, -0.2) is 65.9 Å². The van der Waals surface area contributed by atoms with Gasteiger partial charge < -0.3 is 29.0 Å². The van der Waals surface area contributed by atoms with Crippen LogP contribution in [0.3, 0.4) is 0 Å². The van der Waals surface area contributed by atoms with Crippen molar-refractivity contribution in [2.45, 2.75) is 31.0 Å². The van der Waals surface area contributed by atoms with E-state index in [4.69, 9.17) is 14.3 Å². The highest BCUT2D eigenvalue weighted by Crippen LogP contribution is 2.26. The molecule has 0 aromatic carbocycles. The molecule has 1 aliphatic heterocycles. The lowest BCUT2D eigenvalue weighted by Gasteiger charge is -2.15. The van der Waals surface area contributed by atoms with E-state index in [1.165, 1.54) is 6.33 Å². The molecule has 0 amide bonds. The molecule has 4 unspecified atom stereocenters. The molecule has 9 heteroatoms. The zero-order valence-corrected chi connectivity index (χ0v) is 12.6. The van der Waals surface area contributed by atoms with E-state index in [0.717, 1.165) is 0 Å². The van der Waals surface area contributed by atoms with Gasteiger partial charge >= 0.3 is 0 Å². The molecule has 4 heterocycles. The minimum Gasteiger partial charge on any atom is -0.463 e. The smallest absolute Gasteiger partial charge is 0.164 e. The van der Waals surface area contributed by atoms with Crippen molar-refractivity contribution in [1.82, 2.24) is 19.5 Å². The first-order valence-electron chi connectivity index (χ1n) is 7.51. The first-order valence-corrected chi connectivity index (χ1v) is 7.51. The maximum absolute atomic E-state index is 10.1. The highest BCUT2D eigenvalue weighted by Gasteiger charge is 2.42. The monoisotopic (exact) mass is 332 g/mol. The molecule has 126 valence electrons. The van der Waals surface area contributed by atoms with Crippen LogP contribution >= 0.6 is 0 Å². The number of rotatable bonds is 4. The van der Waals surface area contributed by atoms with Crippen LogP contribution in [0.1, 0.15) is 0 Å². The number of aliphatic hydroxyl groups excluding tert-OH is 3. The minimum atomic E-state index is -1.12. The van der Waals surface area contributed by atoms with Crippen LogP contribution in [0.25, 0.3) is 22.6 Å². The van der Waals surface area contributed by atoms with Crippen molar-refractivity contribution < 1.29 is 24.5 Å². The molecule has 0 radical (unpaired) electrons. The third-order valence-electron chi connectivity index (χ3n) is 4.17. The van der Waals surface area contributed by atoms with Crippen molar-refractivity contribution in [2.24, 2.45) is 0 Å². The summed E-state index contributed by atoms with van der Waals surface area (Å²) in [6.45, 7) is -0.121. The molecule has 0 bridgehead atoms. The van der Waals surface area contributed by atoms with E-state index in [9.17, 15) is 10.2 Å². The summed E-state index contributed by atoms with van der Waals surface area (Å²) >= 11 is 0. The van der Waals surface area contributed by atoms with E-state index in [2.05, 4.69) is 15.0 Å². The Morgan fingerprint density at radius 1 is 1.12 bits per heavy atom. The highest BCUT2D eigenvalue weighted by atomic mass is 16.6. The van der Waals surface area contributed by atoms with E-state index in [1.54, 1.807) is 29.3 Å². The van der Waals surface area contributed by atoms with E-state index in [-0.39, 0.29) is 13.2 Å². The quantitative estimate of drug-likeness (QED) is 0.587. The molecular formula is C15H16N4O5. The number of aliphatic hydroxyl groups is 3. The molecule has 0 aliphatic carbocycles. The average molecular weight is 332 g/mol. The summed E-state index contributed by atoms with van der Waals surface area (Å²) < 4.78 is 12.6. The fraction of sp³-hybridized carbons (Fsp3) is 0.400. The van der Waals surface area contributed by atoms with Gasteiger partial charge in [0.2, 0.25) is 0 Å². The van der Waals surface area contributed by atoms with Crippen molar-refractivity contribution in [3.8, 4) is 11.5 Å². The summed E-state index contributed by atoms with van der Waals surface area (Å²) in [5.41, 5.74) is 1.71. The predicted octanol–water partition coefficient (Wildman–Crippen LogP) is -0.432. The Balaban J connectivity index is 1.66. The Bertz CT molecular complexity index is 834. The first kappa shape index (κ1) is 15.2. The Morgan fingerprint density at radius 2 is 1.96 bits per heavy atom. The third kappa shape index (κ3) is 2.38. The van der Waals surface area contributed by atoms with Gasteiger partial charge in [-0.3, -0.25) is 0 Å². The topological polar surface area (TPSA) is 127 Å².